The molecule has 1 fully saturated rings. The molecule has 4 rings (SSSR count). The molecule has 1 aliphatic rings. The first-order valence-corrected chi connectivity index (χ1v) is 13.6. The highest BCUT2D eigenvalue weighted by atomic mass is 32.1. The number of carbonyl (C=O) groups is 3. The number of ether oxygens (including phenoxy) is 4. The van der Waals surface area contributed by atoms with Gasteiger partial charge < -0.3 is 24.1 Å². The predicted molar refractivity (Wildman–Crippen MR) is 145 cm³/mol. The SMILES string of the molecule is CC(=O)OC[C@H]1OC(c2ccc(C)c(Cc3ccc(-c4ccc(F)cc4)s3)c2)[C@H](OC(C)=O)[C@@H](OC(C)=O)[C@@H]1O. The van der Waals surface area contributed by atoms with Gasteiger partial charge in [-0.25, -0.2) is 4.39 Å². The Morgan fingerprint density at radius 1 is 0.925 bits per heavy atom. The van der Waals surface area contributed by atoms with Crippen LogP contribution in [0.3, 0.4) is 0 Å². The quantitative estimate of drug-likeness (QED) is 0.307. The molecule has 1 N–H and O–H groups in total. The Labute approximate surface area is 235 Å². The van der Waals surface area contributed by atoms with E-state index in [0.29, 0.717) is 12.0 Å². The summed E-state index contributed by atoms with van der Waals surface area (Å²) in [5, 5.41) is 10.9. The smallest absolute Gasteiger partial charge is 0.303 e. The molecule has 10 heteroatoms. The van der Waals surface area contributed by atoms with Crippen LogP contribution >= 0.6 is 11.3 Å². The van der Waals surface area contributed by atoms with Crippen LogP contribution in [-0.2, 0) is 39.8 Å². The van der Waals surface area contributed by atoms with E-state index in [0.717, 1.165) is 26.4 Å². The number of hydrogen-bond acceptors (Lipinski definition) is 9. The molecule has 3 aromatic rings. The lowest BCUT2D eigenvalue weighted by atomic mass is 9.89. The Morgan fingerprint density at radius 3 is 2.25 bits per heavy atom. The molecule has 0 bridgehead atoms. The van der Waals surface area contributed by atoms with Gasteiger partial charge in [-0.2, -0.15) is 0 Å². The summed E-state index contributed by atoms with van der Waals surface area (Å²) >= 11 is 1.60. The lowest BCUT2D eigenvalue weighted by Crippen LogP contribution is -2.58. The number of rotatable bonds is 8. The molecule has 0 aliphatic carbocycles. The van der Waals surface area contributed by atoms with E-state index in [9.17, 15) is 23.9 Å². The van der Waals surface area contributed by atoms with Gasteiger partial charge in [-0.05, 0) is 53.4 Å². The molecular formula is C30H31FO8S. The second-order valence-electron chi connectivity index (χ2n) is 9.67. The monoisotopic (exact) mass is 570 g/mol. The van der Waals surface area contributed by atoms with Crippen LogP contribution in [0, 0.1) is 12.7 Å². The van der Waals surface area contributed by atoms with Gasteiger partial charge in [-0.1, -0.05) is 30.3 Å². The molecule has 212 valence electrons. The van der Waals surface area contributed by atoms with E-state index in [1.54, 1.807) is 23.5 Å². The standard InChI is InChI=1S/C30H31FO8S/c1-16-5-6-21(13-22(16)14-24-11-12-26(40-24)20-7-9-23(31)10-8-20)28-30(38-19(4)34)29(37-18(3)33)27(35)25(39-28)15-36-17(2)32/h5-13,25,27-30,35H,14-15H2,1-4H3/t25-,27-,28?,29+,30+/m1/s1. The van der Waals surface area contributed by atoms with Crippen molar-refractivity contribution in [3.63, 3.8) is 0 Å². The second-order valence-corrected chi connectivity index (χ2v) is 10.8. The fraction of sp³-hybridized carbons (Fsp3) is 0.367. The Morgan fingerprint density at radius 2 is 1.60 bits per heavy atom. The predicted octanol–water partition coefficient (Wildman–Crippen LogP) is 4.68. The highest BCUT2D eigenvalue weighted by Crippen LogP contribution is 2.38. The molecular weight excluding hydrogens is 539 g/mol. The number of aryl methyl sites for hydroxylation is 1. The summed E-state index contributed by atoms with van der Waals surface area (Å²) in [6.07, 6.45) is -5.17. The van der Waals surface area contributed by atoms with E-state index < -0.39 is 48.4 Å². The van der Waals surface area contributed by atoms with Gasteiger partial charge in [-0.3, -0.25) is 14.4 Å². The van der Waals surface area contributed by atoms with Crippen molar-refractivity contribution in [3.05, 3.63) is 82.0 Å². The number of carbonyl (C=O) groups excluding carboxylic acids is 3. The molecule has 0 saturated carbocycles. The van der Waals surface area contributed by atoms with Gasteiger partial charge in [-0.15, -0.1) is 11.3 Å². The van der Waals surface area contributed by atoms with Crippen molar-refractivity contribution in [2.45, 2.75) is 64.6 Å². The van der Waals surface area contributed by atoms with Gasteiger partial charge in [0.15, 0.2) is 12.2 Å². The second kappa shape index (κ2) is 12.7. The molecule has 40 heavy (non-hydrogen) atoms. The Bertz CT molecular complexity index is 1370. The lowest BCUT2D eigenvalue weighted by Gasteiger charge is -2.43. The third-order valence-electron chi connectivity index (χ3n) is 6.57. The minimum atomic E-state index is -1.41. The van der Waals surface area contributed by atoms with Gasteiger partial charge in [0, 0.05) is 36.9 Å². The number of aliphatic hydroxyl groups excluding tert-OH is 1. The Kier molecular flexibility index (Phi) is 9.34. The minimum Gasteiger partial charge on any atom is -0.463 e. The molecule has 1 aliphatic heterocycles. The van der Waals surface area contributed by atoms with Crippen molar-refractivity contribution in [2.24, 2.45) is 0 Å². The molecule has 8 nitrogen and oxygen atoms in total. The zero-order valence-electron chi connectivity index (χ0n) is 22.6. The number of esters is 3. The van der Waals surface area contributed by atoms with Crippen molar-refractivity contribution >= 4 is 29.2 Å². The van der Waals surface area contributed by atoms with E-state index in [1.165, 1.54) is 32.9 Å². The van der Waals surface area contributed by atoms with E-state index in [2.05, 4.69) is 0 Å². The van der Waals surface area contributed by atoms with Crippen LogP contribution in [0.5, 0.6) is 0 Å². The number of benzene rings is 2. The molecule has 1 aromatic heterocycles. The topological polar surface area (TPSA) is 108 Å². The lowest BCUT2D eigenvalue weighted by molar-refractivity contribution is -0.249. The molecule has 0 radical (unpaired) electrons. The highest BCUT2D eigenvalue weighted by molar-refractivity contribution is 7.15. The molecule has 2 heterocycles. The van der Waals surface area contributed by atoms with Crippen LogP contribution in [0.2, 0.25) is 0 Å². The first-order valence-electron chi connectivity index (χ1n) is 12.8. The number of halogens is 1. The molecule has 1 saturated heterocycles. The van der Waals surface area contributed by atoms with Gasteiger partial charge in [0.2, 0.25) is 0 Å². The molecule has 0 spiro atoms. The number of thiophene rings is 1. The Balaban J connectivity index is 1.65. The van der Waals surface area contributed by atoms with Gasteiger partial charge >= 0.3 is 17.9 Å². The van der Waals surface area contributed by atoms with Crippen LogP contribution in [0.1, 0.15) is 48.4 Å². The zero-order chi connectivity index (χ0) is 29.0. The van der Waals surface area contributed by atoms with Crippen molar-refractivity contribution < 1.29 is 42.8 Å². The zero-order valence-corrected chi connectivity index (χ0v) is 23.4. The van der Waals surface area contributed by atoms with Crippen LogP contribution in [0.4, 0.5) is 4.39 Å². The van der Waals surface area contributed by atoms with E-state index in [4.69, 9.17) is 18.9 Å². The third kappa shape index (κ3) is 7.12. The summed E-state index contributed by atoms with van der Waals surface area (Å²) in [5.41, 5.74) is 3.58. The number of aliphatic hydroxyl groups is 1. The van der Waals surface area contributed by atoms with Crippen LogP contribution in [0.15, 0.2) is 54.6 Å². The summed E-state index contributed by atoms with van der Waals surface area (Å²) in [6, 6.07) is 16.0. The average molecular weight is 571 g/mol. The molecule has 1 unspecified atom stereocenters. The van der Waals surface area contributed by atoms with Crippen molar-refractivity contribution in [2.75, 3.05) is 6.61 Å². The molecule has 2 aromatic carbocycles. The molecule has 0 amide bonds. The maximum absolute atomic E-state index is 13.3. The fourth-order valence-corrected chi connectivity index (χ4v) is 5.70. The van der Waals surface area contributed by atoms with Crippen LogP contribution < -0.4 is 0 Å². The fourth-order valence-electron chi connectivity index (χ4n) is 4.67. The van der Waals surface area contributed by atoms with Crippen LogP contribution in [0.25, 0.3) is 10.4 Å². The highest BCUT2D eigenvalue weighted by Gasteiger charge is 2.50. The Hall–Kier alpha value is -3.60. The van der Waals surface area contributed by atoms with Gasteiger partial charge in [0.05, 0.1) is 0 Å². The molecule has 5 atom stereocenters. The summed E-state index contributed by atoms with van der Waals surface area (Å²) in [4.78, 5) is 37.5. The third-order valence-corrected chi connectivity index (χ3v) is 7.71. The maximum atomic E-state index is 13.3. The van der Waals surface area contributed by atoms with Crippen LogP contribution in [-0.4, -0.2) is 54.0 Å². The first-order chi connectivity index (χ1) is 19.0. The van der Waals surface area contributed by atoms with Crippen molar-refractivity contribution in [1.29, 1.82) is 0 Å². The van der Waals surface area contributed by atoms with Gasteiger partial charge in [0.25, 0.3) is 0 Å². The average Bonchev–Trinajstić information content (AvgIpc) is 3.35. The van der Waals surface area contributed by atoms with E-state index >= 15 is 0 Å². The van der Waals surface area contributed by atoms with E-state index in [1.807, 2.05) is 37.3 Å². The normalized spacial score (nSPS) is 22.4. The van der Waals surface area contributed by atoms with E-state index in [-0.39, 0.29) is 12.4 Å². The minimum absolute atomic E-state index is 0.280. The largest absolute Gasteiger partial charge is 0.463 e. The maximum Gasteiger partial charge on any atom is 0.303 e. The summed E-state index contributed by atoms with van der Waals surface area (Å²) < 4.78 is 35.5. The summed E-state index contributed by atoms with van der Waals surface area (Å²) in [7, 11) is 0. The number of hydrogen-bond donors (Lipinski definition) is 1. The summed E-state index contributed by atoms with van der Waals surface area (Å²) in [6.45, 7) is 5.34. The van der Waals surface area contributed by atoms with Crippen molar-refractivity contribution in [1.82, 2.24) is 0 Å². The van der Waals surface area contributed by atoms with Gasteiger partial charge in [0.1, 0.15) is 30.7 Å². The first kappa shape index (κ1) is 29.4. The summed E-state index contributed by atoms with van der Waals surface area (Å²) in [5.74, 6) is -2.16. The van der Waals surface area contributed by atoms with Crippen molar-refractivity contribution in [3.8, 4) is 10.4 Å².